The minimum absolute atomic E-state index is 0.163. The summed E-state index contributed by atoms with van der Waals surface area (Å²) in [7, 11) is 0. The Kier molecular flexibility index (Phi) is 5.72. The van der Waals surface area contributed by atoms with Crippen molar-refractivity contribution >= 4 is 22.4 Å². The van der Waals surface area contributed by atoms with E-state index in [1.54, 1.807) is 23.5 Å². The highest BCUT2D eigenvalue weighted by molar-refractivity contribution is 7.14. The Hall–Kier alpha value is -1.95. The molecule has 0 atom stereocenters. The Bertz CT molecular complexity index is 760. The maximum atomic E-state index is 13.1. The highest BCUT2D eigenvalue weighted by Gasteiger charge is 2.29. The van der Waals surface area contributed by atoms with Crippen molar-refractivity contribution in [3.8, 4) is 11.3 Å². The van der Waals surface area contributed by atoms with Gasteiger partial charge < -0.3 is 9.80 Å². The van der Waals surface area contributed by atoms with Crippen LogP contribution in [0.3, 0.4) is 0 Å². The fraction of sp³-hybridized carbons (Fsp3) is 0.524. The molecule has 0 saturated carbocycles. The fourth-order valence-corrected chi connectivity index (χ4v) is 4.92. The molecule has 2 aromatic rings. The van der Waals surface area contributed by atoms with Gasteiger partial charge in [0, 0.05) is 43.0 Å². The van der Waals surface area contributed by atoms with Crippen molar-refractivity contribution < 1.29 is 9.18 Å². The second kappa shape index (κ2) is 8.38. The first-order chi connectivity index (χ1) is 13.2. The number of benzene rings is 1. The van der Waals surface area contributed by atoms with Gasteiger partial charge in [0.2, 0.25) is 5.91 Å². The Labute approximate surface area is 164 Å². The van der Waals surface area contributed by atoms with Crippen LogP contribution in [0.1, 0.15) is 38.5 Å². The Morgan fingerprint density at radius 1 is 1.00 bits per heavy atom. The van der Waals surface area contributed by atoms with Gasteiger partial charge in [-0.3, -0.25) is 4.79 Å². The predicted molar refractivity (Wildman–Crippen MR) is 107 cm³/mol. The molecule has 0 radical (unpaired) electrons. The lowest BCUT2D eigenvalue weighted by Gasteiger charge is -2.33. The van der Waals surface area contributed by atoms with Crippen LogP contribution in [0.25, 0.3) is 11.3 Å². The summed E-state index contributed by atoms with van der Waals surface area (Å²) in [4.78, 5) is 21.9. The molecule has 27 heavy (non-hydrogen) atoms. The van der Waals surface area contributed by atoms with Gasteiger partial charge in [0.05, 0.1) is 5.69 Å². The monoisotopic (exact) mass is 387 g/mol. The van der Waals surface area contributed by atoms with Crippen molar-refractivity contribution in [2.24, 2.45) is 5.92 Å². The van der Waals surface area contributed by atoms with Crippen LogP contribution < -0.4 is 4.90 Å². The SMILES string of the molecule is O=C(C1CCN(c2nc(-c3ccc(F)cc3)cs2)CC1)N1CCCCCC1. The third kappa shape index (κ3) is 4.32. The van der Waals surface area contributed by atoms with Crippen LogP contribution in [-0.4, -0.2) is 42.0 Å². The molecule has 0 spiro atoms. The minimum atomic E-state index is -0.231. The Morgan fingerprint density at radius 3 is 2.33 bits per heavy atom. The standard InChI is InChI=1S/C21H26FN3OS/c22-18-7-5-16(6-8-18)19-15-27-21(23-19)25-13-9-17(10-14-25)20(26)24-11-3-1-2-4-12-24/h5-8,15,17H,1-4,9-14H2. The molecular formula is C21H26FN3OS. The smallest absolute Gasteiger partial charge is 0.225 e. The molecule has 144 valence electrons. The second-order valence-electron chi connectivity index (χ2n) is 7.52. The third-order valence-corrected chi connectivity index (χ3v) is 6.57. The fourth-order valence-electron chi connectivity index (χ4n) is 4.03. The van der Waals surface area contributed by atoms with Crippen molar-refractivity contribution in [1.82, 2.24) is 9.88 Å². The van der Waals surface area contributed by atoms with Gasteiger partial charge in [-0.25, -0.2) is 9.37 Å². The van der Waals surface area contributed by atoms with Gasteiger partial charge in [0.25, 0.3) is 0 Å². The number of rotatable bonds is 3. The predicted octanol–water partition coefficient (Wildman–Crippen LogP) is 4.57. The number of nitrogens with zero attached hydrogens (tertiary/aromatic N) is 3. The molecule has 2 aliphatic heterocycles. The summed E-state index contributed by atoms with van der Waals surface area (Å²) in [5.74, 6) is 0.295. The maximum absolute atomic E-state index is 13.1. The molecule has 6 heteroatoms. The van der Waals surface area contributed by atoms with E-state index >= 15 is 0 Å². The molecule has 0 bridgehead atoms. The molecule has 1 aromatic heterocycles. The summed E-state index contributed by atoms with van der Waals surface area (Å²) in [5.41, 5.74) is 1.82. The zero-order valence-corrected chi connectivity index (χ0v) is 16.4. The third-order valence-electron chi connectivity index (χ3n) is 5.66. The maximum Gasteiger partial charge on any atom is 0.225 e. The van der Waals surface area contributed by atoms with E-state index in [0.717, 1.165) is 68.3 Å². The van der Waals surface area contributed by atoms with E-state index in [9.17, 15) is 9.18 Å². The number of halogens is 1. The van der Waals surface area contributed by atoms with Gasteiger partial charge >= 0.3 is 0 Å². The van der Waals surface area contributed by atoms with E-state index in [2.05, 4.69) is 9.80 Å². The quantitative estimate of drug-likeness (QED) is 0.774. The number of hydrogen-bond donors (Lipinski definition) is 0. The van der Waals surface area contributed by atoms with Crippen molar-refractivity contribution in [2.75, 3.05) is 31.1 Å². The topological polar surface area (TPSA) is 36.4 Å². The summed E-state index contributed by atoms with van der Waals surface area (Å²) < 4.78 is 13.1. The molecular weight excluding hydrogens is 361 g/mol. The number of thiazole rings is 1. The molecule has 2 fully saturated rings. The molecule has 1 aromatic carbocycles. The molecule has 2 aliphatic rings. The van der Waals surface area contributed by atoms with Crippen LogP contribution in [0.5, 0.6) is 0 Å². The van der Waals surface area contributed by atoms with Crippen LogP contribution in [0.2, 0.25) is 0 Å². The number of amides is 1. The molecule has 0 N–H and O–H groups in total. The summed E-state index contributed by atoms with van der Waals surface area (Å²) >= 11 is 1.62. The average Bonchev–Trinajstić information content (AvgIpc) is 3.03. The van der Waals surface area contributed by atoms with Crippen LogP contribution in [0.4, 0.5) is 9.52 Å². The highest BCUT2D eigenvalue weighted by atomic mass is 32.1. The lowest BCUT2D eigenvalue weighted by Crippen LogP contribution is -2.43. The molecule has 0 aliphatic carbocycles. The van der Waals surface area contributed by atoms with Crippen LogP contribution >= 0.6 is 11.3 Å². The molecule has 2 saturated heterocycles. The van der Waals surface area contributed by atoms with Crippen molar-refractivity contribution in [3.05, 3.63) is 35.5 Å². The average molecular weight is 388 g/mol. The molecule has 4 nitrogen and oxygen atoms in total. The number of carbonyl (C=O) groups excluding carboxylic acids is 1. The van der Waals surface area contributed by atoms with Gasteiger partial charge in [-0.1, -0.05) is 12.8 Å². The van der Waals surface area contributed by atoms with E-state index in [1.165, 1.54) is 25.0 Å². The van der Waals surface area contributed by atoms with Gasteiger partial charge in [0.15, 0.2) is 5.13 Å². The van der Waals surface area contributed by atoms with Gasteiger partial charge in [-0.05, 0) is 49.9 Å². The first-order valence-electron chi connectivity index (χ1n) is 9.96. The number of carbonyl (C=O) groups is 1. The number of piperidine rings is 1. The first kappa shape index (κ1) is 18.4. The van der Waals surface area contributed by atoms with Gasteiger partial charge in [-0.2, -0.15) is 0 Å². The molecule has 0 unspecified atom stereocenters. The van der Waals surface area contributed by atoms with Crippen LogP contribution in [-0.2, 0) is 4.79 Å². The van der Waals surface area contributed by atoms with Crippen LogP contribution in [0, 0.1) is 11.7 Å². The zero-order chi connectivity index (χ0) is 18.6. The number of anilines is 1. The van der Waals surface area contributed by atoms with Crippen molar-refractivity contribution in [2.45, 2.75) is 38.5 Å². The van der Waals surface area contributed by atoms with Crippen LogP contribution in [0.15, 0.2) is 29.6 Å². The van der Waals surface area contributed by atoms with Crippen molar-refractivity contribution in [3.63, 3.8) is 0 Å². The minimum Gasteiger partial charge on any atom is -0.348 e. The first-order valence-corrected chi connectivity index (χ1v) is 10.8. The highest BCUT2D eigenvalue weighted by Crippen LogP contribution is 2.31. The summed E-state index contributed by atoms with van der Waals surface area (Å²) in [6, 6.07) is 6.46. The van der Waals surface area contributed by atoms with Crippen molar-refractivity contribution in [1.29, 1.82) is 0 Å². The summed E-state index contributed by atoms with van der Waals surface area (Å²) in [6.45, 7) is 3.63. The lowest BCUT2D eigenvalue weighted by molar-refractivity contribution is -0.136. The number of likely N-dealkylation sites (tertiary alicyclic amines) is 1. The van der Waals surface area contributed by atoms with Gasteiger partial charge in [-0.15, -0.1) is 11.3 Å². The normalized spacial score (nSPS) is 19.1. The molecule has 1 amide bonds. The Balaban J connectivity index is 1.35. The number of hydrogen-bond acceptors (Lipinski definition) is 4. The molecule has 3 heterocycles. The number of aromatic nitrogens is 1. The van der Waals surface area contributed by atoms with E-state index in [4.69, 9.17) is 4.98 Å². The molecule has 4 rings (SSSR count). The Morgan fingerprint density at radius 2 is 1.67 bits per heavy atom. The second-order valence-corrected chi connectivity index (χ2v) is 8.36. The summed E-state index contributed by atoms with van der Waals surface area (Å²) in [5, 5.41) is 3.02. The van der Waals surface area contributed by atoms with E-state index < -0.39 is 0 Å². The van der Waals surface area contributed by atoms with E-state index in [0.29, 0.717) is 5.91 Å². The van der Waals surface area contributed by atoms with E-state index in [1.807, 2.05) is 5.38 Å². The largest absolute Gasteiger partial charge is 0.348 e. The van der Waals surface area contributed by atoms with E-state index in [-0.39, 0.29) is 11.7 Å². The lowest BCUT2D eigenvalue weighted by atomic mass is 9.95. The summed E-state index contributed by atoms with van der Waals surface area (Å²) in [6.07, 6.45) is 6.61. The van der Waals surface area contributed by atoms with Gasteiger partial charge in [0.1, 0.15) is 5.82 Å². The zero-order valence-electron chi connectivity index (χ0n) is 15.6.